The van der Waals surface area contributed by atoms with Gasteiger partial charge in [0, 0.05) is 5.92 Å². The van der Waals surface area contributed by atoms with Crippen molar-refractivity contribution >= 4 is 11.6 Å². The lowest BCUT2D eigenvalue weighted by Crippen LogP contribution is -3.12. The molecule has 1 saturated carbocycles. The number of hydrogen-bond acceptors (Lipinski definition) is 1. The van der Waals surface area contributed by atoms with Crippen molar-refractivity contribution in [1.29, 1.82) is 0 Å². The van der Waals surface area contributed by atoms with Crippen LogP contribution in [0.1, 0.15) is 32.6 Å². The molecule has 0 heterocycles. The molecule has 3 nitrogen and oxygen atoms in total. The highest BCUT2D eigenvalue weighted by atomic mass is 19.1. The van der Waals surface area contributed by atoms with E-state index in [9.17, 15) is 9.18 Å². The summed E-state index contributed by atoms with van der Waals surface area (Å²) in [6.07, 6.45) is 4.27. The van der Waals surface area contributed by atoms with Crippen LogP contribution in [0.5, 0.6) is 0 Å². The summed E-state index contributed by atoms with van der Waals surface area (Å²) in [5.41, 5.74) is 0.275. The van der Waals surface area contributed by atoms with E-state index in [1.54, 1.807) is 18.2 Å². The highest BCUT2D eigenvalue weighted by Gasteiger charge is 2.26. The molecule has 1 fully saturated rings. The van der Waals surface area contributed by atoms with Gasteiger partial charge in [-0.1, -0.05) is 19.1 Å². The van der Waals surface area contributed by atoms with E-state index < -0.39 is 0 Å². The predicted octanol–water partition coefficient (Wildman–Crippen LogP) is 1.86. The van der Waals surface area contributed by atoms with Gasteiger partial charge < -0.3 is 10.2 Å². The van der Waals surface area contributed by atoms with Crippen LogP contribution in [0.15, 0.2) is 24.3 Å². The van der Waals surface area contributed by atoms with Crippen LogP contribution >= 0.6 is 0 Å². The van der Waals surface area contributed by atoms with Crippen LogP contribution in [-0.4, -0.2) is 25.5 Å². The van der Waals surface area contributed by atoms with Gasteiger partial charge in [0.2, 0.25) is 5.91 Å². The van der Waals surface area contributed by atoms with Crippen molar-refractivity contribution in [3.8, 4) is 0 Å². The van der Waals surface area contributed by atoms with E-state index in [-0.39, 0.29) is 17.4 Å². The van der Waals surface area contributed by atoms with Crippen molar-refractivity contribution in [3.63, 3.8) is 0 Å². The highest BCUT2D eigenvalue weighted by Crippen LogP contribution is 2.26. The molecule has 110 valence electrons. The Morgan fingerprint density at radius 2 is 2.10 bits per heavy atom. The van der Waals surface area contributed by atoms with E-state index in [4.69, 9.17) is 0 Å². The molecular weight excluding hydrogens is 255 g/mol. The zero-order valence-corrected chi connectivity index (χ0v) is 12.1. The fourth-order valence-corrected chi connectivity index (χ4v) is 2.48. The lowest BCUT2D eigenvalue weighted by molar-refractivity contribution is -0.901. The van der Waals surface area contributed by atoms with Crippen molar-refractivity contribution in [2.24, 2.45) is 5.92 Å². The first-order valence-electron chi connectivity index (χ1n) is 7.57. The SMILES string of the molecule is CCC[NH+](CCC(=O)Nc1ccccc1F)CC1CC1. The average molecular weight is 279 g/mol. The van der Waals surface area contributed by atoms with E-state index in [0.29, 0.717) is 6.42 Å². The molecule has 1 aromatic carbocycles. The van der Waals surface area contributed by atoms with Gasteiger partial charge in [-0.3, -0.25) is 4.79 Å². The van der Waals surface area contributed by atoms with E-state index >= 15 is 0 Å². The summed E-state index contributed by atoms with van der Waals surface area (Å²) in [7, 11) is 0. The summed E-state index contributed by atoms with van der Waals surface area (Å²) in [5, 5.41) is 2.65. The fourth-order valence-electron chi connectivity index (χ4n) is 2.48. The summed E-state index contributed by atoms with van der Waals surface area (Å²) < 4.78 is 13.4. The van der Waals surface area contributed by atoms with Crippen LogP contribution in [0.3, 0.4) is 0 Å². The molecular formula is C16H24FN2O+. The third-order valence-corrected chi connectivity index (χ3v) is 3.73. The van der Waals surface area contributed by atoms with Crippen molar-refractivity contribution in [3.05, 3.63) is 30.1 Å². The number of hydrogen-bond donors (Lipinski definition) is 2. The minimum atomic E-state index is -0.378. The van der Waals surface area contributed by atoms with Gasteiger partial charge in [0.1, 0.15) is 5.82 Å². The number of benzene rings is 1. The highest BCUT2D eigenvalue weighted by molar-refractivity contribution is 5.90. The number of amides is 1. The van der Waals surface area contributed by atoms with Gasteiger partial charge in [-0.25, -0.2) is 4.39 Å². The third-order valence-electron chi connectivity index (χ3n) is 3.73. The van der Waals surface area contributed by atoms with Crippen LogP contribution < -0.4 is 10.2 Å². The molecule has 1 aliphatic rings. The fraction of sp³-hybridized carbons (Fsp3) is 0.562. The quantitative estimate of drug-likeness (QED) is 0.748. The standard InChI is InChI=1S/C16H23FN2O/c1-2-10-19(12-13-7-8-13)11-9-16(20)18-15-6-4-3-5-14(15)17/h3-6,13H,2,7-12H2,1H3,(H,18,20)/p+1. The second-order valence-electron chi connectivity index (χ2n) is 5.68. The molecule has 0 saturated heterocycles. The Kier molecular flexibility index (Phi) is 5.53. The van der Waals surface area contributed by atoms with E-state index in [2.05, 4.69) is 12.2 Å². The number of carbonyl (C=O) groups excluding carboxylic acids is 1. The molecule has 0 bridgehead atoms. The van der Waals surface area contributed by atoms with Gasteiger partial charge in [-0.2, -0.15) is 0 Å². The summed E-state index contributed by atoms with van der Waals surface area (Å²) in [6, 6.07) is 6.29. The van der Waals surface area contributed by atoms with Gasteiger partial charge in [0.05, 0.1) is 31.7 Å². The molecule has 1 aromatic rings. The maximum atomic E-state index is 13.4. The van der Waals surface area contributed by atoms with Gasteiger partial charge in [-0.05, 0) is 31.4 Å². The van der Waals surface area contributed by atoms with Crippen molar-refractivity contribution in [1.82, 2.24) is 0 Å². The third kappa shape index (κ3) is 4.93. The Labute approximate surface area is 120 Å². The molecule has 20 heavy (non-hydrogen) atoms. The molecule has 1 amide bonds. The minimum absolute atomic E-state index is 0.0977. The van der Waals surface area contributed by atoms with Gasteiger partial charge >= 0.3 is 0 Å². The molecule has 0 aromatic heterocycles. The molecule has 2 N–H and O–H groups in total. The van der Waals surface area contributed by atoms with Crippen molar-refractivity contribution < 1.29 is 14.1 Å². The summed E-state index contributed by atoms with van der Waals surface area (Å²) in [6.45, 7) is 5.31. The van der Waals surface area contributed by atoms with Crippen LogP contribution in [0.25, 0.3) is 0 Å². The Balaban J connectivity index is 1.76. The summed E-state index contributed by atoms with van der Waals surface area (Å²) >= 11 is 0. The van der Waals surface area contributed by atoms with Crippen molar-refractivity contribution in [2.75, 3.05) is 25.0 Å². The van der Waals surface area contributed by atoms with E-state index in [1.807, 2.05) is 0 Å². The smallest absolute Gasteiger partial charge is 0.230 e. The van der Waals surface area contributed by atoms with Crippen molar-refractivity contribution in [2.45, 2.75) is 32.6 Å². The van der Waals surface area contributed by atoms with Gasteiger partial charge in [-0.15, -0.1) is 0 Å². The second kappa shape index (κ2) is 7.39. The van der Waals surface area contributed by atoms with Crippen LogP contribution in [0.2, 0.25) is 0 Å². The Morgan fingerprint density at radius 3 is 2.75 bits per heavy atom. The topological polar surface area (TPSA) is 33.5 Å². The number of carbonyl (C=O) groups is 1. The number of quaternary nitrogens is 1. The second-order valence-corrected chi connectivity index (χ2v) is 5.68. The zero-order chi connectivity index (χ0) is 14.4. The average Bonchev–Trinajstić information content (AvgIpc) is 3.23. The van der Waals surface area contributed by atoms with Crippen LogP contribution in [0, 0.1) is 11.7 Å². The molecule has 1 atom stereocenters. The van der Waals surface area contributed by atoms with Crippen LogP contribution in [-0.2, 0) is 4.79 Å². The first-order valence-corrected chi connectivity index (χ1v) is 7.57. The normalized spacial score (nSPS) is 15.9. The van der Waals surface area contributed by atoms with E-state index in [1.165, 1.54) is 30.4 Å². The number of anilines is 1. The number of nitrogens with one attached hydrogen (secondary N) is 2. The van der Waals surface area contributed by atoms with Crippen LogP contribution in [0.4, 0.5) is 10.1 Å². The maximum absolute atomic E-state index is 13.4. The maximum Gasteiger partial charge on any atom is 0.230 e. The number of rotatable bonds is 8. The largest absolute Gasteiger partial charge is 0.334 e. The molecule has 0 radical (unpaired) electrons. The molecule has 2 rings (SSSR count). The first-order chi connectivity index (χ1) is 9.69. The first kappa shape index (κ1) is 15.0. The Morgan fingerprint density at radius 1 is 1.35 bits per heavy atom. The lowest BCUT2D eigenvalue weighted by atomic mass is 10.2. The van der Waals surface area contributed by atoms with Gasteiger partial charge in [0.25, 0.3) is 0 Å². The number of halogens is 1. The predicted molar refractivity (Wildman–Crippen MR) is 78.2 cm³/mol. The summed E-state index contributed by atoms with van der Waals surface area (Å²) in [4.78, 5) is 13.4. The van der Waals surface area contributed by atoms with E-state index in [0.717, 1.165) is 25.4 Å². The monoisotopic (exact) mass is 279 g/mol. The minimum Gasteiger partial charge on any atom is -0.334 e. The van der Waals surface area contributed by atoms with Gasteiger partial charge in [0.15, 0.2) is 0 Å². The molecule has 0 aliphatic heterocycles. The number of para-hydroxylation sites is 1. The zero-order valence-electron chi connectivity index (χ0n) is 12.1. The lowest BCUT2D eigenvalue weighted by Gasteiger charge is -2.18. The molecule has 0 spiro atoms. The Hall–Kier alpha value is -1.42. The summed E-state index contributed by atoms with van der Waals surface area (Å²) in [5.74, 6) is 0.391. The molecule has 4 heteroatoms. The Bertz CT molecular complexity index is 446. The molecule has 1 aliphatic carbocycles. The molecule has 1 unspecified atom stereocenters.